The Balaban J connectivity index is 2.85. The van der Waals surface area contributed by atoms with Crippen molar-refractivity contribution < 1.29 is 0 Å². The van der Waals surface area contributed by atoms with Crippen molar-refractivity contribution in [1.82, 2.24) is 4.98 Å². The van der Waals surface area contributed by atoms with E-state index in [-0.39, 0.29) is 0 Å². The number of rotatable bonds is 1. The molecular formula is C6H8INS. The minimum atomic E-state index is 0.582. The van der Waals surface area contributed by atoms with Gasteiger partial charge in [-0.2, -0.15) is 0 Å². The van der Waals surface area contributed by atoms with E-state index in [2.05, 4.69) is 46.8 Å². The van der Waals surface area contributed by atoms with Crippen LogP contribution in [-0.4, -0.2) is 4.98 Å². The average molecular weight is 253 g/mol. The highest BCUT2D eigenvalue weighted by molar-refractivity contribution is 14.1. The second kappa shape index (κ2) is 2.96. The summed E-state index contributed by atoms with van der Waals surface area (Å²) in [5.41, 5.74) is 0. The van der Waals surface area contributed by atoms with Crippen LogP contribution in [0.1, 0.15) is 24.8 Å². The standard InChI is InChI=1S/C6H8INS/c1-4(2)6-8-5(7)3-9-6/h3-4H,1-2H3. The maximum absolute atomic E-state index is 4.32. The fourth-order valence-electron chi connectivity index (χ4n) is 0.532. The third-order valence-electron chi connectivity index (χ3n) is 0.988. The first kappa shape index (κ1) is 7.47. The van der Waals surface area contributed by atoms with Crippen LogP contribution >= 0.6 is 33.9 Å². The molecule has 9 heavy (non-hydrogen) atoms. The lowest BCUT2D eigenvalue weighted by atomic mass is 10.2. The molecule has 0 saturated heterocycles. The SMILES string of the molecule is CC(C)c1nc(I)cs1. The highest BCUT2D eigenvalue weighted by Gasteiger charge is 2.02. The maximum Gasteiger partial charge on any atom is 0.112 e. The minimum Gasteiger partial charge on any atom is -0.235 e. The topological polar surface area (TPSA) is 12.9 Å². The lowest BCUT2D eigenvalue weighted by Gasteiger charge is -1.94. The Hall–Kier alpha value is 0.360. The van der Waals surface area contributed by atoms with E-state index in [0.29, 0.717) is 5.92 Å². The van der Waals surface area contributed by atoms with Gasteiger partial charge in [0.2, 0.25) is 0 Å². The second-order valence-electron chi connectivity index (χ2n) is 2.16. The van der Waals surface area contributed by atoms with Crippen molar-refractivity contribution in [2.45, 2.75) is 19.8 Å². The monoisotopic (exact) mass is 253 g/mol. The number of hydrogen-bond donors (Lipinski definition) is 0. The van der Waals surface area contributed by atoms with Gasteiger partial charge in [0, 0.05) is 11.3 Å². The molecule has 0 aromatic carbocycles. The Morgan fingerprint density at radius 2 is 2.33 bits per heavy atom. The molecule has 0 radical (unpaired) electrons. The van der Waals surface area contributed by atoms with E-state index in [1.54, 1.807) is 11.3 Å². The smallest absolute Gasteiger partial charge is 0.112 e. The van der Waals surface area contributed by atoms with Gasteiger partial charge in [0.05, 0.1) is 5.01 Å². The Kier molecular flexibility index (Phi) is 2.46. The quantitative estimate of drug-likeness (QED) is 0.701. The van der Waals surface area contributed by atoms with E-state index >= 15 is 0 Å². The molecule has 0 aliphatic rings. The number of aromatic nitrogens is 1. The molecule has 0 fully saturated rings. The first-order valence-electron chi connectivity index (χ1n) is 2.81. The van der Waals surface area contributed by atoms with Crippen molar-refractivity contribution in [3.05, 3.63) is 14.1 Å². The highest BCUT2D eigenvalue weighted by atomic mass is 127. The van der Waals surface area contributed by atoms with Crippen LogP contribution in [-0.2, 0) is 0 Å². The molecule has 0 bridgehead atoms. The predicted molar refractivity (Wildman–Crippen MR) is 48.9 cm³/mol. The number of hydrogen-bond acceptors (Lipinski definition) is 2. The van der Waals surface area contributed by atoms with E-state index in [4.69, 9.17) is 0 Å². The maximum atomic E-state index is 4.32. The molecule has 0 aliphatic heterocycles. The van der Waals surface area contributed by atoms with Crippen molar-refractivity contribution in [1.29, 1.82) is 0 Å². The zero-order chi connectivity index (χ0) is 6.85. The molecule has 0 unspecified atom stereocenters. The summed E-state index contributed by atoms with van der Waals surface area (Å²) in [5.74, 6) is 0.582. The van der Waals surface area contributed by atoms with E-state index in [1.807, 2.05) is 0 Å². The molecule has 0 saturated carbocycles. The van der Waals surface area contributed by atoms with Gasteiger partial charge in [0.1, 0.15) is 3.70 Å². The molecular weight excluding hydrogens is 245 g/mol. The lowest BCUT2D eigenvalue weighted by Crippen LogP contribution is -1.83. The molecule has 1 aromatic heterocycles. The van der Waals surface area contributed by atoms with Crippen molar-refractivity contribution in [3.63, 3.8) is 0 Å². The molecule has 1 nitrogen and oxygen atoms in total. The van der Waals surface area contributed by atoms with Gasteiger partial charge in [0.25, 0.3) is 0 Å². The van der Waals surface area contributed by atoms with Crippen LogP contribution in [0.25, 0.3) is 0 Å². The molecule has 0 atom stereocenters. The Labute approximate surface area is 72.6 Å². The summed E-state index contributed by atoms with van der Waals surface area (Å²) >= 11 is 3.97. The summed E-state index contributed by atoms with van der Waals surface area (Å²) in [6, 6.07) is 0. The van der Waals surface area contributed by atoms with E-state index in [1.165, 1.54) is 5.01 Å². The molecule has 1 heterocycles. The molecule has 0 spiro atoms. The molecule has 1 rings (SSSR count). The molecule has 50 valence electrons. The van der Waals surface area contributed by atoms with Crippen LogP contribution in [0.5, 0.6) is 0 Å². The summed E-state index contributed by atoms with van der Waals surface area (Å²) in [5, 5.41) is 3.31. The van der Waals surface area contributed by atoms with E-state index in [0.717, 1.165) is 3.70 Å². The normalized spacial score (nSPS) is 10.7. The van der Waals surface area contributed by atoms with Crippen molar-refractivity contribution in [2.24, 2.45) is 0 Å². The van der Waals surface area contributed by atoms with Gasteiger partial charge in [-0.05, 0) is 22.6 Å². The van der Waals surface area contributed by atoms with Gasteiger partial charge in [0.15, 0.2) is 0 Å². The minimum absolute atomic E-state index is 0.582. The fraction of sp³-hybridized carbons (Fsp3) is 0.500. The molecule has 3 heteroatoms. The largest absolute Gasteiger partial charge is 0.235 e. The Morgan fingerprint density at radius 3 is 2.56 bits per heavy atom. The van der Waals surface area contributed by atoms with Crippen LogP contribution in [0.3, 0.4) is 0 Å². The number of thiazole rings is 1. The van der Waals surface area contributed by atoms with Crippen LogP contribution in [0, 0.1) is 3.70 Å². The van der Waals surface area contributed by atoms with Crippen LogP contribution in [0.2, 0.25) is 0 Å². The Morgan fingerprint density at radius 1 is 1.67 bits per heavy atom. The first-order valence-corrected chi connectivity index (χ1v) is 4.77. The first-order chi connectivity index (χ1) is 4.20. The van der Waals surface area contributed by atoms with Gasteiger partial charge in [-0.3, -0.25) is 0 Å². The third-order valence-corrected chi connectivity index (χ3v) is 3.11. The molecule has 1 aromatic rings. The zero-order valence-electron chi connectivity index (χ0n) is 5.39. The van der Waals surface area contributed by atoms with E-state index < -0.39 is 0 Å². The number of nitrogens with zero attached hydrogens (tertiary/aromatic N) is 1. The van der Waals surface area contributed by atoms with Crippen molar-refractivity contribution in [2.75, 3.05) is 0 Å². The molecule has 0 aliphatic carbocycles. The van der Waals surface area contributed by atoms with Crippen molar-refractivity contribution >= 4 is 33.9 Å². The van der Waals surface area contributed by atoms with Crippen LogP contribution < -0.4 is 0 Å². The highest BCUT2D eigenvalue weighted by Crippen LogP contribution is 2.19. The van der Waals surface area contributed by atoms with Gasteiger partial charge in [-0.25, -0.2) is 4.98 Å². The summed E-state index contributed by atoms with van der Waals surface area (Å²) in [7, 11) is 0. The lowest BCUT2D eigenvalue weighted by molar-refractivity contribution is 0.849. The predicted octanol–water partition coefficient (Wildman–Crippen LogP) is 2.87. The molecule has 0 amide bonds. The van der Waals surface area contributed by atoms with Gasteiger partial charge in [-0.1, -0.05) is 13.8 Å². The fourth-order valence-corrected chi connectivity index (χ4v) is 2.03. The van der Waals surface area contributed by atoms with Crippen molar-refractivity contribution in [3.8, 4) is 0 Å². The van der Waals surface area contributed by atoms with Gasteiger partial charge >= 0.3 is 0 Å². The number of halogens is 1. The zero-order valence-corrected chi connectivity index (χ0v) is 8.36. The van der Waals surface area contributed by atoms with E-state index in [9.17, 15) is 0 Å². The Bertz CT molecular complexity index is 195. The summed E-state index contributed by atoms with van der Waals surface area (Å²) < 4.78 is 1.11. The second-order valence-corrected chi connectivity index (χ2v) is 4.16. The summed E-state index contributed by atoms with van der Waals surface area (Å²) in [6.07, 6.45) is 0. The van der Waals surface area contributed by atoms with Crippen LogP contribution in [0.15, 0.2) is 5.38 Å². The molecule has 0 N–H and O–H groups in total. The van der Waals surface area contributed by atoms with Crippen LogP contribution in [0.4, 0.5) is 0 Å². The summed E-state index contributed by atoms with van der Waals surface area (Å²) in [6.45, 7) is 4.32. The summed E-state index contributed by atoms with van der Waals surface area (Å²) in [4.78, 5) is 4.32. The average Bonchev–Trinajstić information content (AvgIpc) is 2.14. The third kappa shape index (κ3) is 1.89. The van der Waals surface area contributed by atoms with Gasteiger partial charge < -0.3 is 0 Å². The van der Waals surface area contributed by atoms with Gasteiger partial charge in [-0.15, -0.1) is 11.3 Å².